The smallest absolute Gasteiger partial charge is 0.159 e. The summed E-state index contributed by atoms with van der Waals surface area (Å²) in [5.74, 6) is 0.112. The summed E-state index contributed by atoms with van der Waals surface area (Å²) in [6, 6.07) is 7.77. The van der Waals surface area contributed by atoms with Crippen molar-refractivity contribution in [2.24, 2.45) is 0 Å². The van der Waals surface area contributed by atoms with E-state index in [4.69, 9.17) is 0 Å². The maximum atomic E-state index is 11.3. The molecule has 0 radical (unpaired) electrons. The van der Waals surface area contributed by atoms with Crippen LogP contribution in [-0.4, -0.2) is 21.9 Å². The van der Waals surface area contributed by atoms with Crippen LogP contribution in [0.15, 0.2) is 34.8 Å². The molecule has 108 valence electrons. The number of carbonyl (C=O) groups is 1. The van der Waals surface area contributed by atoms with Crippen LogP contribution in [0, 0.1) is 0 Å². The highest BCUT2D eigenvalue weighted by Crippen LogP contribution is 2.24. The second kappa shape index (κ2) is 6.09. The van der Waals surface area contributed by atoms with Gasteiger partial charge in [-0.1, -0.05) is 68.4 Å². The number of Topliss-reactive ketones (excluding diaryl/α,β-unsaturated/α-hetero) is 1. The molecular weight excluding hydrogens is 276 g/mol. The minimum absolute atomic E-state index is 0.112. The molecule has 1 aromatic carbocycles. The summed E-state index contributed by atoms with van der Waals surface area (Å²) in [6.45, 7) is 15.9. The molecule has 0 bridgehead atoms. The fourth-order valence-corrected chi connectivity index (χ4v) is 12.5. The summed E-state index contributed by atoms with van der Waals surface area (Å²) >= 11 is 0. The largest absolute Gasteiger partial charge is 0.295 e. The van der Waals surface area contributed by atoms with Crippen LogP contribution >= 0.6 is 0 Å². The maximum absolute atomic E-state index is 11.3. The van der Waals surface area contributed by atoms with Gasteiger partial charge in [-0.15, -0.1) is 5.73 Å². The molecule has 0 heterocycles. The molecule has 20 heavy (non-hydrogen) atoms. The Morgan fingerprint density at radius 3 is 1.75 bits per heavy atom. The van der Waals surface area contributed by atoms with Crippen LogP contribution < -0.4 is 0 Å². The van der Waals surface area contributed by atoms with E-state index in [1.54, 1.807) is 11.7 Å². The van der Waals surface area contributed by atoms with E-state index < -0.39 is 16.1 Å². The van der Waals surface area contributed by atoms with Gasteiger partial charge in [0.15, 0.2) is 5.78 Å². The zero-order valence-electron chi connectivity index (χ0n) is 13.8. The van der Waals surface area contributed by atoms with Crippen LogP contribution in [-0.2, 0) is 0 Å². The number of hydrogen-bond acceptors (Lipinski definition) is 1. The molecule has 0 aliphatic heterocycles. The first-order valence-corrected chi connectivity index (χ1v) is 14.1. The van der Waals surface area contributed by atoms with Crippen molar-refractivity contribution in [3.8, 4) is 0 Å². The Morgan fingerprint density at radius 1 is 0.950 bits per heavy atom. The van der Waals surface area contributed by atoms with Crippen molar-refractivity contribution < 1.29 is 4.79 Å². The van der Waals surface area contributed by atoms with Gasteiger partial charge in [0.05, 0.1) is 16.1 Å². The van der Waals surface area contributed by atoms with Crippen molar-refractivity contribution in [3.05, 3.63) is 45.9 Å². The predicted octanol–water partition coefficient (Wildman–Crippen LogP) is 5.18. The predicted molar refractivity (Wildman–Crippen MR) is 94.6 cm³/mol. The Labute approximate surface area is 125 Å². The molecule has 0 aromatic heterocycles. The van der Waals surface area contributed by atoms with Gasteiger partial charge in [-0.25, -0.2) is 0 Å². The second-order valence-electron chi connectivity index (χ2n) is 7.34. The molecule has 1 nitrogen and oxygen atoms in total. The molecular formula is C17H26OSi2. The summed E-state index contributed by atoms with van der Waals surface area (Å²) in [5, 5.41) is 0. The zero-order chi connectivity index (χ0) is 15.6. The first-order chi connectivity index (χ1) is 9.01. The molecule has 1 rings (SSSR count). The van der Waals surface area contributed by atoms with E-state index in [1.165, 1.54) is 0 Å². The van der Waals surface area contributed by atoms with Gasteiger partial charge in [-0.2, -0.15) is 0 Å². The fraction of sp³-hybridized carbons (Fsp3) is 0.412. The summed E-state index contributed by atoms with van der Waals surface area (Å²) in [6.07, 6.45) is 2.08. The van der Waals surface area contributed by atoms with Crippen LogP contribution in [0.1, 0.15) is 22.8 Å². The first kappa shape index (κ1) is 16.9. The molecule has 0 amide bonds. The number of ketones is 1. The molecule has 3 heteroatoms. The van der Waals surface area contributed by atoms with Crippen LogP contribution in [0.25, 0.3) is 6.08 Å². The Kier molecular flexibility index (Phi) is 5.14. The van der Waals surface area contributed by atoms with Crippen molar-refractivity contribution in [1.29, 1.82) is 0 Å². The Hall–Kier alpha value is -1.16. The van der Waals surface area contributed by atoms with E-state index >= 15 is 0 Å². The molecule has 0 saturated heterocycles. The topological polar surface area (TPSA) is 17.1 Å². The van der Waals surface area contributed by atoms with Gasteiger partial charge in [0.1, 0.15) is 0 Å². The third-order valence-corrected chi connectivity index (χ3v) is 11.0. The van der Waals surface area contributed by atoms with Crippen molar-refractivity contribution in [1.82, 2.24) is 0 Å². The lowest BCUT2D eigenvalue weighted by atomic mass is 10.1. The lowest BCUT2D eigenvalue weighted by Crippen LogP contribution is -2.39. The van der Waals surface area contributed by atoms with Crippen LogP contribution in [0.2, 0.25) is 39.3 Å². The Bertz CT molecular complexity index is 532. The minimum atomic E-state index is -1.32. The lowest BCUT2D eigenvalue weighted by Gasteiger charge is -2.29. The number of hydrogen-bond donors (Lipinski definition) is 0. The summed E-state index contributed by atoms with van der Waals surface area (Å²) in [7, 11) is -2.65. The molecule has 0 aliphatic carbocycles. The molecule has 0 spiro atoms. The number of carbonyl (C=O) groups excluding carboxylic acids is 1. The third-order valence-electron chi connectivity index (χ3n) is 3.20. The minimum Gasteiger partial charge on any atom is -0.295 e. The monoisotopic (exact) mass is 302 g/mol. The zero-order valence-corrected chi connectivity index (χ0v) is 15.8. The molecule has 0 saturated carbocycles. The van der Waals surface area contributed by atoms with E-state index in [-0.39, 0.29) is 5.78 Å². The normalized spacial score (nSPS) is 11.8. The standard InChI is InChI=1S/C17H26OSi2/c1-14(18)16-11-8-15(9-12-16)10-13-17(19(2,3)4)20(5,6)7/h8-12H,1-7H3. The van der Waals surface area contributed by atoms with E-state index in [1.807, 2.05) is 24.3 Å². The molecule has 0 fully saturated rings. The van der Waals surface area contributed by atoms with E-state index in [9.17, 15) is 4.79 Å². The SMILES string of the molecule is CC(=O)c1ccc(C=C=C([Si](C)(C)C)[Si](C)(C)C)cc1. The molecule has 0 atom stereocenters. The van der Waals surface area contributed by atoms with Gasteiger partial charge in [0.25, 0.3) is 0 Å². The van der Waals surface area contributed by atoms with Crippen LogP contribution in [0.5, 0.6) is 0 Å². The highest BCUT2D eigenvalue weighted by Gasteiger charge is 2.30. The summed E-state index contributed by atoms with van der Waals surface area (Å²) < 4.78 is 0. The molecule has 1 aromatic rings. The van der Waals surface area contributed by atoms with Crippen LogP contribution in [0.3, 0.4) is 0 Å². The van der Waals surface area contributed by atoms with Gasteiger partial charge in [-0.05, 0) is 18.6 Å². The van der Waals surface area contributed by atoms with Gasteiger partial charge >= 0.3 is 0 Å². The average molecular weight is 303 g/mol. The quantitative estimate of drug-likeness (QED) is 0.425. The van der Waals surface area contributed by atoms with Gasteiger partial charge in [0, 0.05) is 5.56 Å². The van der Waals surface area contributed by atoms with Gasteiger partial charge in [0.2, 0.25) is 0 Å². The van der Waals surface area contributed by atoms with E-state index in [2.05, 4.69) is 51.1 Å². The molecule has 0 aliphatic rings. The summed E-state index contributed by atoms with van der Waals surface area (Å²) in [5.41, 5.74) is 5.48. The highest BCUT2D eigenvalue weighted by atomic mass is 28.4. The van der Waals surface area contributed by atoms with E-state index in [0.29, 0.717) is 0 Å². The highest BCUT2D eigenvalue weighted by molar-refractivity contribution is 7.04. The number of rotatable bonds is 4. The van der Waals surface area contributed by atoms with Crippen molar-refractivity contribution in [2.45, 2.75) is 46.2 Å². The van der Waals surface area contributed by atoms with E-state index in [0.717, 1.165) is 11.1 Å². The van der Waals surface area contributed by atoms with Crippen LogP contribution in [0.4, 0.5) is 0 Å². The number of benzene rings is 1. The Balaban J connectivity index is 3.21. The van der Waals surface area contributed by atoms with Gasteiger partial charge in [-0.3, -0.25) is 4.79 Å². The van der Waals surface area contributed by atoms with Crippen molar-refractivity contribution in [3.63, 3.8) is 0 Å². The third kappa shape index (κ3) is 4.75. The molecule has 0 unspecified atom stereocenters. The first-order valence-electron chi connectivity index (χ1n) is 7.10. The van der Waals surface area contributed by atoms with Crippen molar-refractivity contribution in [2.75, 3.05) is 0 Å². The Morgan fingerprint density at radius 2 is 1.40 bits per heavy atom. The maximum Gasteiger partial charge on any atom is 0.159 e. The lowest BCUT2D eigenvalue weighted by molar-refractivity contribution is 0.101. The van der Waals surface area contributed by atoms with Gasteiger partial charge < -0.3 is 0 Å². The average Bonchev–Trinajstić information content (AvgIpc) is 2.26. The summed E-state index contributed by atoms with van der Waals surface area (Å²) in [4.78, 5) is 12.8. The van der Waals surface area contributed by atoms with Crippen molar-refractivity contribution >= 4 is 28.0 Å². The second-order valence-corrected chi connectivity index (χ2v) is 17.8. The fourth-order valence-electron chi connectivity index (χ4n) is 2.53. The molecule has 0 N–H and O–H groups in total.